The number of benzene rings is 1. The van der Waals surface area contributed by atoms with Gasteiger partial charge in [-0.3, -0.25) is 4.79 Å². The highest BCUT2D eigenvalue weighted by atomic mass is 16.5. The van der Waals surface area contributed by atoms with Gasteiger partial charge in [0, 0.05) is 6.54 Å². The number of amides is 1. The second kappa shape index (κ2) is 6.37. The molecule has 1 aliphatic rings. The lowest BCUT2D eigenvalue weighted by atomic mass is 9.95. The third-order valence-corrected chi connectivity index (χ3v) is 3.78. The van der Waals surface area contributed by atoms with E-state index in [4.69, 9.17) is 10.5 Å². The number of ether oxygens (including phenoxy) is 1. The molecule has 1 aliphatic heterocycles. The van der Waals surface area contributed by atoms with Crippen LogP contribution in [-0.4, -0.2) is 36.0 Å². The van der Waals surface area contributed by atoms with E-state index in [1.54, 1.807) is 0 Å². The van der Waals surface area contributed by atoms with Crippen molar-refractivity contribution in [1.29, 1.82) is 0 Å². The minimum absolute atomic E-state index is 0.0311. The van der Waals surface area contributed by atoms with Crippen LogP contribution in [0.4, 0.5) is 0 Å². The van der Waals surface area contributed by atoms with Gasteiger partial charge in [0.15, 0.2) is 0 Å². The van der Waals surface area contributed by atoms with Gasteiger partial charge in [0.25, 0.3) is 0 Å². The second-order valence-electron chi connectivity index (χ2n) is 5.69. The van der Waals surface area contributed by atoms with Crippen LogP contribution in [-0.2, 0) is 9.53 Å². The molecule has 4 heteroatoms. The van der Waals surface area contributed by atoms with E-state index in [2.05, 4.69) is 0 Å². The Morgan fingerprint density at radius 2 is 2.15 bits per heavy atom. The predicted octanol–water partition coefficient (Wildman–Crippen LogP) is 2.10. The Kier molecular flexibility index (Phi) is 4.78. The largest absolute Gasteiger partial charge is 0.370 e. The molecule has 1 heterocycles. The lowest BCUT2D eigenvalue weighted by Crippen LogP contribution is -2.56. The lowest BCUT2D eigenvalue weighted by Gasteiger charge is -2.37. The van der Waals surface area contributed by atoms with Crippen molar-refractivity contribution in [3.8, 4) is 0 Å². The van der Waals surface area contributed by atoms with Gasteiger partial charge in [-0.15, -0.1) is 0 Å². The van der Waals surface area contributed by atoms with Gasteiger partial charge < -0.3 is 15.4 Å². The van der Waals surface area contributed by atoms with Crippen LogP contribution >= 0.6 is 0 Å². The topological polar surface area (TPSA) is 55.6 Å². The molecule has 0 bridgehead atoms. The number of rotatable bonds is 4. The van der Waals surface area contributed by atoms with Crippen molar-refractivity contribution in [2.24, 2.45) is 5.73 Å². The zero-order valence-electron chi connectivity index (χ0n) is 12.3. The van der Waals surface area contributed by atoms with Gasteiger partial charge in [-0.25, -0.2) is 0 Å². The lowest BCUT2D eigenvalue weighted by molar-refractivity contribution is -0.144. The zero-order chi connectivity index (χ0) is 14.6. The summed E-state index contributed by atoms with van der Waals surface area (Å²) in [6.07, 6.45) is 1.57. The molecule has 1 aromatic carbocycles. The molecule has 20 heavy (non-hydrogen) atoms. The third-order valence-electron chi connectivity index (χ3n) is 3.78. The molecule has 2 unspecified atom stereocenters. The fourth-order valence-corrected chi connectivity index (χ4v) is 2.69. The summed E-state index contributed by atoms with van der Waals surface area (Å²) in [6.45, 7) is 5.64. The van der Waals surface area contributed by atoms with E-state index < -0.39 is 5.54 Å². The monoisotopic (exact) mass is 276 g/mol. The van der Waals surface area contributed by atoms with Gasteiger partial charge in [-0.2, -0.15) is 0 Å². The first-order valence-corrected chi connectivity index (χ1v) is 7.29. The summed E-state index contributed by atoms with van der Waals surface area (Å²) in [5.41, 5.74) is 6.49. The van der Waals surface area contributed by atoms with Crippen LogP contribution in [0.5, 0.6) is 0 Å². The Hall–Kier alpha value is -1.39. The van der Waals surface area contributed by atoms with Gasteiger partial charge in [0.05, 0.1) is 18.7 Å². The van der Waals surface area contributed by atoms with Gasteiger partial charge in [0.1, 0.15) is 6.10 Å². The number of carbonyl (C=O) groups is 1. The summed E-state index contributed by atoms with van der Waals surface area (Å²) in [5, 5.41) is 0. The standard InChI is InChI=1S/C16H24N2O2/c1-3-9-16(2,17)15(19)18-10-11-20-14(12-18)13-7-5-4-6-8-13/h4-8,14H,3,9-12,17H2,1-2H3. The molecule has 0 spiro atoms. The van der Waals surface area contributed by atoms with Crippen LogP contribution in [0.2, 0.25) is 0 Å². The van der Waals surface area contributed by atoms with E-state index in [0.29, 0.717) is 26.1 Å². The molecular formula is C16H24N2O2. The molecule has 1 saturated heterocycles. The highest BCUT2D eigenvalue weighted by Gasteiger charge is 2.34. The second-order valence-corrected chi connectivity index (χ2v) is 5.69. The maximum absolute atomic E-state index is 12.5. The van der Waals surface area contributed by atoms with Crippen LogP contribution in [0.3, 0.4) is 0 Å². The number of hydrogen-bond acceptors (Lipinski definition) is 3. The van der Waals surface area contributed by atoms with Crippen molar-refractivity contribution < 1.29 is 9.53 Å². The maximum atomic E-state index is 12.5. The fraction of sp³-hybridized carbons (Fsp3) is 0.562. The molecule has 4 nitrogen and oxygen atoms in total. The molecule has 0 saturated carbocycles. The van der Waals surface area contributed by atoms with Crippen molar-refractivity contribution in [3.63, 3.8) is 0 Å². The molecule has 1 fully saturated rings. The average molecular weight is 276 g/mol. The number of hydrogen-bond donors (Lipinski definition) is 1. The smallest absolute Gasteiger partial charge is 0.242 e. The molecular weight excluding hydrogens is 252 g/mol. The first-order valence-electron chi connectivity index (χ1n) is 7.29. The van der Waals surface area contributed by atoms with Crippen molar-refractivity contribution in [2.45, 2.75) is 38.3 Å². The van der Waals surface area contributed by atoms with Crippen LogP contribution in [0, 0.1) is 0 Å². The van der Waals surface area contributed by atoms with Crippen molar-refractivity contribution in [2.75, 3.05) is 19.7 Å². The predicted molar refractivity (Wildman–Crippen MR) is 79.2 cm³/mol. The zero-order valence-corrected chi connectivity index (χ0v) is 12.3. The summed E-state index contributed by atoms with van der Waals surface area (Å²) in [5.74, 6) is 0.0311. The van der Waals surface area contributed by atoms with E-state index in [-0.39, 0.29) is 12.0 Å². The summed E-state index contributed by atoms with van der Waals surface area (Å²) >= 11 is 0. The Morgan fingerprint density at radius 1 is 1.45 bits per heavy atom. The van der Waals surface area contributed by atoms with Gasteiger partial charge in [-0.1, -0.05) is 43.7 Å². The van der Waals surface area contributed by atoms with E-state index in [9.17, 15) is 4.79 Å². The number of nitrogens with zero attached hydrogens (tertiary/aromatic N) is 1. The van der Waals surface area contributed by atoms with Crippen molar-refractivity contribution >= 4 is 5.91 Å². The fourth-order valence-electron chi connectivity index (χ4n) is 2.69. The Labute approximate surface area is 120 Å². The van der Waals surface area contributed by atoms with E-state index in [1.807, 2.05) is 49.1 Å². The molecule has 1 aromatic rings. The molecule has 2 atom stereocenters. The summed E-state index contributed by atoms with van der Waals surface area (Å²) in [7, 11) is 0. The SMILES string of the molecule is CCCC(C)(N)C(=O)N1CCOC(c2ccccc2)C1. The highest BCUT2D eigenvalue weighted by molar-refractivity contribution is 5.85. The molecule has 1 amide bonds. The van der Waals surface area contributed by atoms with Crippen LogP contribution in [0.15, 0.2) is 30.3 Å². The Balaban J connectivity index is 2.05. The molecule has 0 radical (unpaired) electrons. The maximum Gasteiger partial charge on any atom is 0.242 e. The summed E-state index contributed by atoms with van der Waals surface area (Å²) < 4.78 is 5.78. The van der Waals surface area contributed by atoms with Crippen molar-refractivity contribution in [3.05, 3.63) is 35.9 Å². The van der Waals surface area contributed by atoms with E-state index >= 15 is 0 Å². The van der Waals surface area contributed by atoms with E-state index in [0.717, 1.165) is 12.0 Å². The number of carbonyl (C=O) groups excluding carboxylic acids is 1. The average Bonchev–Trinajstić information content (AvgIpc) is 2.47. The minimum atomic E-state index is -0.771. The molecule has 2 rings (SSSR count). The number of morpholine rings is 1. The number of nitrogens with two attached hydrogens (primary N) is 1. The van der Waals surface area contributed by atoms with Crippen LogP contribution < -0.4 is 5.73 Å². The van der Waals surface area contributed by atoms with E-state index in [1.165, 1.54) is 0 Å². The van der Waals surface area contributed by atoms with Gasteiger partial charge in [0.2, 0.25) is 5.91 Å². The van der Waals surface area contributed by atoms with Crippen LogP contribution in [0.1, 0.15) is 38.4 Å². The molecule has 110 valence electrons. The normalized spacial score (nSPS) is 22.4. The van der Waals surface area contributed by atoms with Gasteiger partial charge in [-0.05, 0) is 18.9 Å². The Morgan fingerprint density at radius 3 is 2.80 bits per heavy atom. The molecule has 0 aromatic heterocycles. The highest BCUT2D eigenvalue weighted by Crippen LogP contribution is 2.24. The molecule has 0 aliphatic carbocycles. The van der Waals surface area contributed by atoms with Gasteiger partial charge >= 0.3 is 0 Å². The summed E-state index contributed by atoms with van der Waals surface area (Å²) in [6, 6.07) is 10.0. The third kappa shape index (κ3) is 3.38. The first-order chi connectivity index (χ1) is 9.54. The van der Waals surface area contributed by atoms with Crippen molar-refractivity contribution in [1.82, 2.24) is 4.90 Å². The quantitative estimate of drug-likeness (QED) is 0.916. The first kappa shape index (κ1) is 15.0. The Bertz CT molecular complexity index is 445. The summed E-state index contributed by atoms with van der Waals surface area (Å²) in [4.78, 5) is 14.4. The molecule has 2 N–H and O–H groups in total. The minimum Gasteiger partial charge on any atom is -0.370 e. The van der Waals surface area contributed by atoms with Crippen LogP contribution in [0.25, 0.3) is 0 Å².